The summed E-state index contributed by atoms with van der Waals surface area (Å²) in [6, 6.07) is 5.82. The summed E-state index contributed by atoms with van der Waals surface area (Å²) in [7, 11) is 0. The van der Waals surface area contributed by atoms with Gasteiger partial charge in [-0.05, 0) is 18.7 Å². The Hall–Kier alpha value is -1.88. The number of rotatable bonds is 7. The lowest BCUT2D eigenvalue weighted by molar-refractivity contribution is 0.232. The van der Waals surface area contributed by atoms with Crippen molar-refractivity contribution in [2.75, 3.05) is 13.2 Å². The number of nitrogens with zero attached hydrogens (tertiary/aromatic N) is 2. The van der Waals surface area contributed by atoms with Crippen LogP contribution in [0.4, 0.5) is 0 Å². The molecule has 0 aliphatic heterocycles. The van der Waals surface area contributed by atoms with E-state index in [1.54, 1.807) is 12.5 Å². The van der Waals surface area contributed by atoms with Gasteiger partial charge in [-0.1, -0.05) is 13.0 Å². The first-order valence-electron chi connectivity index (χ1n) is 6.06. The lowest BCUT2D eigenvalue weighted by Crippen LogP contribution is -2.11. The molecule has 0 radical (unpaired) electrons. The number of ether oxygens (including phenoxy) is 1. The quantitative estimate of drug-likeness (QED) is 0.808. The Labute approximate surface area is 106 Å². The predicted molar refractivity (Wildman–Crippen MR) is 67.3 cm³/mol. The van der Waals surface area contributed by atoms with Gasteiger partial charge in [0.15, 0.2) is 0 Å². The third-order valence-corrected chi connectivity index (χ3v) is 2.40. The normalized spacial score (nSPS) is 10.5. The topological polar surface area (TPSA) is 60.2 Å². The van der Waals surface area contributed by atoms with Crippen molar-refractivity contribution in [3.8, 4) is 6.08 Å². The van der Waals surface area contributed by atoms with Crippen molar-refractivity contribution in [3.63, 3.8) is 0 Å². The maximum atomic E-state index is 5.43. The second kappa shape index (κ2) is 6.76. The van der Waals surface area contributed by atoms with Crippen molar-refractivity contribution in [2.24, 2.45) is 0 Å². The van der Waals surface area contributed by atoms with Crippen molar-refractivity contribution in [1.82, 2.24) is 15.3 Å². The Morgan fingerprint density at radius 1 is 1.33 bits per heavy atom. The smallest absolute Gasteiger partial charge is 0.393 e. The summed E-state index contributed by atoms with van der Waals surface area (Å²) in [6.45, 7) is 4.16. The summed E-state index contributed by atoms with van der Waals surface area (Å²) in [5, 5.41) is 3.17. The van der Waals surface area contributed by atoms with Gasteiger partial charge in [0.2, 0.25) is 0 Å². The molecule has 1 N–H and O–H groups in total. The summed E-state index contributed by atoms with van der Waals surface area (Å²) >= 11 is 0. The molecule has 96 valence electrons. The second-order valence-electron chi connectivity index (χ2n) is 3.80. The Morgan fingerprint density at radius 3 is 3.06 bits per heavy atom. The molecule has 0 saturated carbocycles. The van der Waals surface area contributed by atoms with Crippen LogP contribution in [-0.4, -0.2) is 23.1 Å². The summed E-state index contributed by atoms with van der Waals surface area (Å²) in [5.41, 5.74) is 1.85. The number of hydrogen-bond donors (Lipinski definition) is 1. The molecular weight excluding hydrogens is 230 g/mol. The van der Waals surface area contributed by atoms with Gasteiger partial charge in [0.05, 0.1) is 12.3 Å². The van der Waals surface area contributed by atoms with Crippen LogP contribution >= 0.6 is 0 Å². The molecule has 2 heterocycles. The van der Waals surface area contributed by atoms with Gasteiger partial charge in [-0.15, -0.1) is 0 Å². The molecule has 0 aliphatic carbocycles. The van der Waals surface area contributed by atoms with Crippen LogP contribution in [0.5, 0.6) is 6.08 Å². The first-order chi connectivity index (χ1) is 8.88. The zero-order valence-electron chi connectivity index (χ0n) is 10.4. The molecule has 0 aromatic carbocycles. The summed E-state index contributed by atoms with van der Waals surface area (Å²) in [4.78, 5) is 8.42. The largest absolute Gasteiger partial charge is 0.450 e. The van der Waals surface area contributed by atoms with Crippen molar-refractivity contribution in [1.29, 1.82) is 0 Å². The minimum Gasteiger partial charge on any atom is -0.450 e. The lowest BCUT2D eigenvalue weighted by atomic mass is 10.3. The molecule has 2 aromatic heterocycles. The van der Waals surface area contributed by atoms with E-state index in [4.69, 9.17) is 9.15 Å². The molecule has 2 aromatic rings. The number of hydrogen-bond acceptors (Lipinski definition) is 5. The minimum absolute atomic E-state index is 0.318. The molecular formula is C13H17N3O2. The highest BCUT2D eigenvalue weighted by molar-refractivity contribution is 5.04. The first-order valence-corrected chi connectivity index (χ1v) is 6.06. The highest BCUT2D eigenvalue weighted by atomic mass is 16.6. The maximum Gasteiger partial charge on any atom is 0.393 e. The van der Waals surface area contributed by atoms with Gasteiger partial charge in [0.1, 0.15) is 6.26 Å². The summed E-state index contributed by atoms with van der Waals surface area (Å²) < 4.78 is 10.6. The Balaban J connectivity index is 1.75. The Bertz CT molecular complexity index is 456. The number of nitrogens with one attached hydrogen (secondary N) is 1. The lowest BCUT2D eigenvalue weighted by Gasteiger charge is -2.00. The zero-order valence-corrected chi connectivity index (χ0v) is 10.4. The number of oxazole rings is 1. The summed E-state index contributed by atoms with van der Waals surface area (Å²) in [6.07, 6.45) is 4.44. The third kappa shape index (κ3) is 3.85. The molecule has 0 fully saturated rings. The van der Waals surface area contributed by atoms with Crippen LogP contribution in [-0.2, 0) is 13.0 Å². The van der Waals surface area contributed by atoms with Crippen LogP contribution in [0.1, 0.15) is 18.3 Å². The summed E-state index contributed by atoms with van der Waals surface area (Å²) in [5.74, 6) is 0. The van der Waals surface area contributed by atoms with Crippen LogP contribution in [0.3, 0.4) is 0 Å². The molecule has 0 unspecified atom stereocenters. The van der Waals surface area contributed by atoms with E-state index in [0.717, 1.165) is 24.4 Å². The van der Waals surface area contributed by atoms with Crippen molar-refractivity contribution < 1.29 is 9.15 Å². The Kier molecular flexibility index (Phi) is 4.72. The van der Waals surface area contributed by atoms with Gasteiger partial charge < -0.3 is 14.5 Å². The molecule has 0 saturated heterocycles. The van der Waals surface area contributed by atoms with Crippen LogP contribution in [0.2, 0.25) is 0 Å². The van der Waals surface area contributed by atoms with Crippen molar-refractivity contribution in [3.05, 3.63) is 42.0 Å². The van der Waals surface area contributed by atoms with Crippen molar-refractivity contribution >= 4 is 0 Å². The van der Waals surface area contributed by atoms with E-state index in [9.17, 15) is 0 Å². The fraction of sp³-hybridized carbons (Fsp3) is 0.385. The van der Waals surface area contributed by atoms with Crippen LogP contribution in [0.25, 0.3) is 0 Å². The average molecular weight is 247 g/mol. The molecule has 5 heteroatoms. The standard InChI is InChI=1S/C13H17N3O2/c1-2-14-9-12-10-18-13(16-12)17-8-6-11-5-3-4-7-15-11/h3-5,7,10,14H,2,6,8-9H2,1H3. The van der Waals surface area contributed by atoms with Gasteiger partial charge in [0.25, 0.3) is 0 Å². The first kappa shape index (κ1) is 12.6. The molecule has 0 atom stereocenters. The van der Waals surface area contributed by atoms with E-state index >= 15 is 0 Å². The number of aromatic nitrogens is 2. The molecule has 0 aliphatic rings. The van der Waals surface area contributed by atoms with Gasteiger partial charge in [0, 0.05) is 24.9 Å². The van der Waals surface area contributed by atoms with E-state index < -0.39 is 0 Å². The van der Waals surface area contributed by atoms with Crippen LogP contribution in [0, 0.1) is 0 Å². The second-order valence-corrected chi connectivity index (χ2v) is 3.80. The molecule has 18 heavy (non-hydrogen) atoms. The molecule has 0 spiro atoms. The third-order valence-electron chi connectivity index (χ3n) is 2.40. The SMILES string of the molecule is CCNCc1coc(OCCc2ccccn2)n1. The van der Waals surface area contributed by atoms with E-state index in [1.165, 1.54) is 0 Å². The van der Waals surface area contributed by atoms with Gasteiger partial charge in [-0.3, -0.25) is 4.98 Å². The van der Waals surface area contributed by atoms with Gasteiger partial charge in [-0.25, -0.2) is 0 Å². The minimum atomic E-state index is 0.318. The molecule has 5 nitrogen and oxygen atoms in total. The van der Waals surface area contributed by atoms with Gasteiger partial charge in [-0.2, -0.15) is 4.98 Å². The maximum absolute atomic E-state index is 5.43. The molecule has 0 amide bonds. The average Bonchev–Trinajstić information content (AvgIpc) is 2.85. The fourth-order valence-corrected chi connectivity index (χ4v) is 1.48. The highest BCUT2D eigenvalue weighted by Gasteiger charge is 2.04. The fourth-order valence-electron chi connectivity index (χ4n) is 1.48. The zero-order chi connectivity index (χ0) is 12.6. The van der Waals surface area contributed by atoms with E-state index in [-0.39, 0.29) is 0 Å². The van der Waals surface area contributed by atoms with Crippen LogP contribution < -0.4 is 10.1 Å². The van der Waals surface area contributed by atoms with Crippen molar-refractivity contribution in [2.45, 2.75) is 19.9 Å². The highest BCUT2D eigenvalue weighted by Crippen LogP contribution is 2.10. The van der Waals surface area contributed by atoms with Gasteiger partial charge >= 0.3 is 6.08 Å². The molecule has 2 rings (SSSR count). The van der Waals surface area contributed by atoms with E-state index in [0.29, 0.717) is 19.2 Å². The monoisotopic (exact) mass is 247 g/mol. The van der Waals surface area contributed by atoms with Crippen LogP contribution in [0.15, 0.2) is 35.1 Å². The van der Waals surface area contributed by atoms with E-state index in [1.807, 2.05) is 25.1 Å². The Morgan fingerprint density at radius 2 is 2.28 bits per heavy atom. The molecule has 0 bridgehead atoms. The predicted octanol–water partition coefficient (Wildman–Crippen LogP) is 1.80. The van der Waals surface area contributed by atoms with E-state index in [2.05, 4.69) is 15.3 Å². The number of pyridine rings is 1.